The third-order valence-electron chi connectivity index (χ3n) is 3.76. The quantitative estimate of drug-likeness (QED) is 0.687. The summed E-state index contributed by atoms with van der Waals surface area (Å²) in [6.45, 7) is 8.26. The second-order valence-corrected chi connectivity index (χ2v) is 5.95. The molecule has 1 aromatic carbocycles. The second-order valence-electron chi connectivity index (χ2n) is 5.95. The van der Waals surface area contributed by atoms with Gasteiger partial charge in [-0.25, -0.2) is 0 Å². The van der Waals surface area contributed by atoms with E-state index < -0.39 is 0 Å². The van der Waals surface area contributed by atoms with Gasteiger partial charge in [-0.1, -0.05) is 45.7 Å². The monoisotopic (exact) mass is 277 g/mol. The van der Waals surface area contributed by atoms with Crippen LogP contribution in [0.25, 0.3) is 0 Å². The molecule has 0 radical (unpaired) electrons. The summed E-state index contributed by atoms with van der Waals surface area (Å²) in [4.78, 5) is 0. The van der Waals surface area contributed by atoms with E-state index in [4.69, 9.17) is 10.5 Å². The summed E-state index contributed by atoms with van der Waals surface area (Å²) >= 11 is 0. The fraction of sp³-hybridized carbons (Fsp3) is 0.667. The van der Waals surface area contributed by atoms with Gasteiger partial charge in [-0.2, -0.15) is 0 Å². The van der Waals surface area contributed by atoms with Gasteiger partial charge in [0.25, 0.3) is 0 Å². The number of rotatable bonds is 10. The van der Waals surface area contributed by atoms with Crippen molar-refractivity contribution in [2.75, 3.05) is 13.2 Å². The molecule has 2 nitrogen and oxygen atoms in total. The first-order valence-corrected chi connectivity index (χ1v) is 8.11. The number of benzene rings is 1. The van der Waals surface area contributed by atoms with E-state index in [1.54, 1.807) is 0 Å². The van der Waals surface area contributed by atoms with Crippen molar-refractivity contribution in [1.82, 2.24) is 0 Å². The van der Waals surface area contributed by atoms with Crippen LogP contribution in [0.5, 0.6) is 5.75 Å². The molecule has 0 aliphatic heterocycles. The molecule has 0 bridgehead atoms. The predicted octanol–water partition coefficient (Wildman–Crippen LogP) is 4.42. The van der Waals surface area contributed by atoms with Crippen LogP contribution in [-0.4, -0.2) is 13.2 Å². The van der Waals surface area contributed by atoms with Crippen molar-refractivity contribution < 1.29 is 4.74 Å². The minimum Gasteiger partial charge on any atom is -0.493 e. The molecule has 0 amide bonds. The van der Waals surface area contributed by atoms with Crippen molar-refractivity contribution in [2.24, 2.45) is 17.6 Å². The average Bonchev–Trinajstić information content (AvgIpc) is 2.45. The maximum Gasteiger partial charge on any atom is 0.119 e. The highest BCUT2D eigenvalue weighted by molar-refractivity contribution is 5.28. The van der Waals surface area contributed by atoms with Gasteiger partial charge in [-0.15, -0.1) is 0 Å². The molecule has 2 heteroatoms. The van der Waals surface area contributed by atoms with Gasteiger partial charge in [0, 0.05) is 0 Å². The summed E-state index contributed by atoms with van der Waals surface area (Å²) in [5.74, 6) is 2.22. The van der Waals surface area contributed by atoms with E-state index in [1.165, 1.54) is 31.2 Å². The van der Waals surface area contributed by atoms with Crippen LogP contribution < -0.4 is 10.5 Å². The van der Waals surface area contributed by atoms with Crippen LogP contribution in [0.4, 0.5) is 0 Å². The van der Waals surface area contributed by atoms with Gasteiger partial charge in [0.15, 0.2) is 0 Å². The topological polar surface area (TPSA) is 35.2 Å². The number of hydrogen-bond acceptors (Lipinski definition) is 2. The van der Waals surface area contributed by atoms with Crippen LogP contribution in [0.1, 0.15) is 52.0 Å². The Balaban J connectivity index is 2.52. The lowest BCUT2D eigenvalue weighted by molar-refractivity contribution is 0.229. The highest BCUT2D eigenvalue weighted by Gasteiger charge is 2.08. The van der Waals surface area contributed by atoms with E-state index in [9.17, 15) is 0 Å². The van der Waals surface area contributed by atoms with Crippen molar-refractivity contribution in [3.05, 3.63) is 29.8 Å². The van der Waals surface area contributed by atoms with Crippen LogP contribution in [0, 0.1) is 11.8 Å². The predicted molar refractivity (Wildman–Crippen MR) is 87.2 cm³/mol. The Hall–Kier alpha value is -1.02. The lowest BCUT2D eigenvalue weighted by Gasteiger charge is -2.17. The molecule has 0 saturated carbocycles. The Kier molecular flexibility index (Phi) is 8.36. The smallest absolute Gasteiger partial charge is 0.119 e. The molecule has 0 aliphatic carbocycles. The van der Waals surface area contributed by atoms with Crippen molar-refractivity contribution in [2.45, 2.75) is 52.9 Å². The van der Waals surface area contributed by atoms with Crippen molar-refractivity contribution in [1.29, 1.82) is 0 Å². The molecule has 0 aliphatic rings. The molecule has 0 heterocycles. The summed E-state index contributed by atoms with van der Waals surface area (Å²) < 4.78 is 6.00. The first-order valence-electron chi connectivity index (χ1n) is 8.11. The third-order valence-corrected chi connectivity index (χ3v) is 3.76. The van der Waals surface area contributed by atoms with Gasteiger partial charge in [0.1, 0.15) is 5.75 Å². The normalized spacial score (nSPS) is 12.7. The molecule has 2 N–H and O–H groups in total. The maximum atomic E-state index is 6.00. The number of nitrogens with two attached hydrogens (primary N) is 1. The first-order chi connectivity index (χ1) is 9.69. The highest BCUT2D eigenvalue weighted by Crippen LogP contribution is 2.19. The fourth-order valence-electron chi connectivity index (χ4n) is 2.59. The van der Waals surface area contributed by atoms with Crippen molar-refractivity contribution in [3.8, 4) is 5.75 Å². The second kappa shape index (κ2) is 9.82. The van der Waals surface area contributed by atoms with Crippen molar-refractivity contribution in [3.63, 3.8) is 0 Å². The summed E-state index contributed by atoms with van der Waals surface area (Å²) in [7, 11) is 0. The molecule has 1 atom stereocenters. The molecule has 1 aromatic rings. The minimum absolute atomic E-state index is 0.526. The maximum absolute atomic E-state index is 6.00. The zero-order valence-electron chi connectivity index (χ0n) is 13.4. The van der Waals surface area contributed by atoms with E-state index in [-0.39, 0.29) is 0 Å². The number of ether oxygens (including phenoxy) is 1. The van der Waals surface area contributed by atoms with Crippen LogP contribution in [0.15, 0.2) is 24.3 Å². The Morgan fingerprint density at radius 3 is 2.45 bits per heavy atom. The summed E-state index contributed by atoms with van der Waals surface area (Å²) in [6.07, 6.45) is 6.03. The lowest BCUT2D eigenvalue weighted by atomic mass is 9.99. The Labute approximate surface area is 124 Å². The standard InChI is InChI=1S/C18H31NO/c1-4-7-16(8-5-2)14-20-18-10-6-9-17(12-18)11-15(3)13-19/h6,9-10,12,15-16H,4-5,7-8,11,13-14,19H2,1-3H3/t15-/m1/s1. The molecule has 0 spiro atoms. The van der Waals surface area contributed by atoms with E-state index in [0.29, 0.717) is 11.8 Å². The van der Waals surface area contributed by atoms with E-state index >= 15 is 0 Å². The highest BCUT2D eigenvalue weighted by atomic mass is 16.5. The van der Waals surface area contributed by atoms with Gasteiger partial charge >= 0.3 is 0 Å². The third kappa shape index (κ3) is 6.42. The molecule has 0 aromatic heterocycles. The van der Waals surface area contributed by atoms with Crippen LogP contribution in [0.2, 0.25) is 0 Å². The Bertz CT molecular complexity index is 358. The Morgan fingerprint density at radius 2 is 1.85 bits per heavy atom. The van der Waals surface area contributed by atoms with Crippen LogP contribution in [0.3, 0.4) is 0 Å². The van der Waals surface area contributed by atoms with Gasteiger partial charge in [-0.05, 0) is 55.3 Å². The van der Waals surface area contributed by atoms with E-state index in [1.807, 2.05) is 0 Å². The summed E-state index contributed by atoms with van der Waals surface area (Å²) in [5, 5.41) is 0. The van der Waals surface area contributed by atoms with Gasteiger partial charge in [0.05, 0.1) is 6.61 Å². The largest absolute Gasteiger partial charge is 0.493 e. The molecule has 114 valence electrons. The molecule has 20 heavy (non-hydrogen) atoms. The van der Waals surface area contributed by atoms with Crippen LogP contribution in [-0.2, 0) is 6.42 Å². The lowest BCUT2D eigenvalue weighted by Crippen LogP contribution is -2.14. The molecule has 0 fully saturated rings. The summed E-state index contributed by atoms with van der Waals surface area (Å²) in [6, 6.07) is 8.48. The SMILES string of the molecule is CCCC(CCC)COc1cccc(C[C@@H](C)CN)c1. The zero-order chi connectivity index (χ0) is 14.8. The average molecular weight is 277 g/mol. The van der Waals surface area contributed by atoms with E-state index in [0.717, 1.165) is 25.3 Å². The molecular weight excluding hydrogens is 246 g/mol. The Morgan fingerprint density at radius 1 is 1.15 bits per heavy atom. The fourth-order valence-corrected chi connectivity index (χ4v) is 2.59. The van der Waals surface area contributed by atoms with Gasteiger partial charge < -0.3 is 10.5 Å². The molecule has 0 unspecified atom stereocenters. The molecule has 1 rings (SSSR count). The van der Waals surface area contributed by atoms with Crippen LogP contribution >= 0.6 is 0 Å². The first kappa shape index (κ1) is 17.0. The van der Waals surface area contributed by atoms with Gasteiger partial charge in [-0.3, -0.25) is 0 Å². The molecular formula is C18H31NO. The zero-order valence-corrected chi connectivity index (χ0v) is 13.4. The number of hydrogen-bond donors (Lipinski definition) is 1. The van der Waals surface area contributed by atoms with Gasteiger partial charge in [0.2, 0.25) is 0 Å². The van der Waals surface area contributed by atoms with Crippen molar-refractivity contribution >= 4 is 0 Å². The van der Waals surface area contributed by atoms with E-state index in [2.05, 4.69) is 45.0 Å². The summed E-state index contributed by atoms with van der Waals surface area (Å²) in [5.41, 5.74) is 7.01. The minimum atomic E-state index is 0.526. The molecule has 0 saturated heterocycles.